The van der Waals surface area contributed by atoms with Crippen molar-refractivity contribution in [1.82, 2.24) is 0 Å². The molecule has 0 heteroatoms. The third-order valence-electron chi connectivity index (χ3n) is 2.33. The van der Waals surface area contributed by atoms with Crippen LogP contribution in [0.5, 0.6) is 0 Å². The first-order chi connectivity index (χ1) is 6.97. The van der Waals surface area contributed by atoms with Crippen LogP contribution in [0.2, 0.25) is 0 Å². The average Bonchev–Trinajstić information content (AvgIpc) is 2.62. The quantitative estimate of drug-likeness (QED) is 0.577. The van der Waals surface area contributed by atoms with Crippen LogP contribution in [0.4, 0.5) is 0 Å². The molecule has 0 unspecified atom stereocenters. The molecule has 0 aromatic carbocycles. The summed E-state index contributed by atoms with van der Waals surface area (Å²) in [6.45, 7) is 0. The van der Waals surface area contributed by atoms with Crippen molar-refractivity contribution in [3.8, 4) is 0 Å². The fourth-order valence-corrected chi connectivity index (χ4v) is 1.59. The zero-order valence-electron chi connectivity index (χ0n) is 8.19. The van der Waals surface area contributed by atoms with Crippen molar-refractivity contribution < 1.29 is 0 Å². The Morgan fingerprint density at radius 3 is 1.64 bits per heavy atom. The largest absolute Gasteiger partial charge is 0.0807 e. The van der Waals surface area contributed by atoms with Gasteiger partial charge in [-0.2, -0.15) is 0 Å². The highest BCUT2D eigenvalue weighted by molar-refractivity contribution is 5.49. The van der Waals surface area contributed by atoms with Gasteiger partial charge in [-0.05, 0) is 24.0 Å². The standard InChI is InChI=1S/C14H14/c1-2-6-10-13(9-5-1)14-11-7-3-4-8-12-14/h1-5,7,9-12H,6,8H2. The molecular weight excluding hydrogens is 168 g/mol. The minimum atomic E-state index is 1.03. The van der Waals surface area contributed by atoms with E-state index in [-0.39, 0.29) is 0 Å². The maximum atomic E-state index is 2.27. The van der Waals surface area contributed by atoms with Gasteiger partial charge in [0.2, 0.25) is 0 Å². The lowest BCUT2D eigenvalue weighted by atomic mass is 10.0. The molecule has 0 saturated heterocycles. The summed E-state index contributed by atoms with van der Waals surface area (Å²) in [5, 5.41) is 0. The van der Waals surface area contributed by atoms with Gasteiger partial charge >= 0.3 is 0 Å². The molecule has 70 valence electrons. The molecule has 0 saturated carbocycles. The first kappa shape index (κ1) is 9.01. The summed E-state index contributed by atoms with van der Waals surface area (Å²) in [7, 11) is 0. The van der Waals surface area contributed by atoms with Crippen LogP contribution in [-0.4, -0.2) is 0 Å². The van der Waals surface area contributed by atoms with Gasteiger partial charge < -0.3 is 0 Å². The van der Waals surface area contributed by atoms with Crippen LogP contribution >= 0.6 is 0 Å². The Balaban J connectivity index is 2.22. The van der Waals surface area contributed by atoms with Crippen molar-refractivity contribution in [1.29, 1.82) is 0 Å². The topological polar surface area (TPSA) is 0 Å². The summed E-state index contributed by atoms with van der Waals surface area (Å²) in [6.07, 6.45) is 23.7. The van der Waals surface area contributed by atoms with E-state index in [2.05, 4.69) is 60.8 Å². The molecule has 2 rings (SSSR count). The lowest BCUT2D eigenvalue weighted by Crippen LogP contribution is -1.82. The Hall–Kier alpha value is -1.56. The first-order valence-corrected chi connectivity index (χ1v) is 5.04. The summed E-state index contributed by atoms with van der Waals surface area (Å²) < 4.78 is 0. The van der Waals surface area contributed by atoms with E-state index >= 15 is 0 Å². The van der Waals surface area contributed by atoms with Crippen LogP contribution in [0, 0.1) is 0 Å². The molecule has 14 heavy (non-hydrogen) atoms. The summed E-state index contributed by atoms with van der Waals surface area (Å²) in [6, 6.07) is 0. The Morgan fingerprint density at radius 2 is 1.14 bits per heavy atom. The van der Waals surface area contributed by atoms with Gasteiger partial charge in [0.05, 0.1) is 0 Å². The van der Waals surface area contributed by atoms with Gasteiger partial charge in [0, 0.05) is 0 Å². The minimum absolute atomic E-state index is 1.03. The molecule has 0 heterocycles. The van der Waals surface area contributed by atoms with E-state index in [0.29, 0.717) is 0 Å². The summed E-state index contributed by atoms with van der Waals surface area (Å²) in [5.74, 6) is 0. The number of rotatable bonds is 1. The predicted octanol–water partition coefficient (Wildman–Crippen LogP) is 3.87. The molecule has 0 bridgehead atoms. The number of allylic oxidation sites excluding steroid dienone is 12. The molecule has 0 N–H and O–H groups in total. The SMILES string of the molecule is C1=CCC=C(C2=CCC=CC=C2)C=C1. The lowest BCUT2D eigenvalue weighted by Gasteiger charge is -2.01. The van der Waals surface area contributed by atoms with E-state index in [1.807, 2.05) is 0 Å². The molecule has 0 spiro atoms. The smallest absolute Gasteiger partial charge is 0.0157 e. The van der Waals surface area contributed by atoms with E-state index < -0.39 is 0 Å². The fourth-order valence-electron chi connectivity index (χ4n) is 1.59. The van der Waals surface area contributed by atoms with Gasteiger partial charge in [0.1, 0.15) is 0 Å². The highest BCUT2D eigenvalue weighted by Crippen LogP contribution is 2.18. The molecule has 0 amide bonds. The molecule has 0 atom stereocenters. The molecule has 0 fully saturated rings. The number of hydrogen-bond acceptors (Lipinski definition) is 0. The maximum Gasteiger partial charge on any atom is -0.0157 e. The average molecular weight is 182 g/mol. The van der Waals surface area contributed by atoms with Crippen LogP contribution in [0.15, 0.2) is 71.9 Å². The Kier molecular flexibility index (Phi) is 2.97. The molecule has 2 aliphatic rings. The molecule has 0 radical (unpaired) electrons. The second-order valence-corrected chi connectivity index (χ2v) is 3.36. The minimum Gasteiger partial charge on any atom is -0.0807 e. The van der Waals surface area contributed by atoms with Gasteiger partial charge in [0.25, 0.3) is 0 Å². The van der Waals surface area contributed by atoms with Crippen molar-refractivity contribution >= 4 is 0 Å². The van der Waals surface area contributed by atoms with Gasteiger partial charge in [-0.25, -0.2) is 0 Å². The summed E-state index contributed by atoms with van der Waals surface area (Å²) in [4.78, 5) is 0. The molecule has 0 aliphatic heterocycles. The predicted molar refractivity (Wildman–Crippen MR) is 62.0 cm³/mol. The molecule has 0 aromatic heterocycles. The third kappa shape index (κ3) is 2.23. The van der Waals surface area contributed by atoms with Crippen LogP contribution in [-0.2, 0) is 0 Å². The van der Waals surface area contributed by atoms with E-state index in [4.69, 9.17) is 0 Å². The highest BCUT2D eigenvalue weighted by atomic mass is 14.0. The van der Waals surface area contributed by atoms with Crippen LogP contribution < -0.4 is 0 Å². The number of hydrogen-bond donors (Lipinski definition) is 0. The van der Waals surface area contributed by atoms with Gasteiger partial charge in [-0.3, -0.25) is 0 Å². The van der Waals surface area contributed by atoms with E-state index in [0.717, 1.165) is 12.8 Å². The molecule has 0 nitrogen and oxygen atoms in total. The Labute approximate surface area is 85.3 Å². The van der Waals surface area contributed by atoms with Gasteiger partial charge in [-0.15, -0.1) is 0 Å². The van der Waals surface area contributed by atoms with Crippen LogP contribution in [0.1, 0.15) is 12.8 Å². The Morgan fingerprint density at radius 1 is 0.643 bits per heavy atom. The second kappa shape index (κ2) is 4.61. The zero-order valence-corrected chi connectivity index (χ0v) is 8.19. The van der Waals surface area contributed by atoms with Crippen molar-refractivity contribution in [2.75, 3.05) is 0 Å². The highest BCUT2D eigenvalue weighted by Gasteiger charge is 1.99. The van der Waals surface area contributed by atoms with Crippen molar-refractivity contribution in [2.24, 2.45) is 0 Å². The Bertz CT molecular complexity index is 333. The zero-order chi connectivity index (χ0) is 9.64. The van der Waals surface area contributed by atoms with Crippen LogP contribution in [0.3, 0.4) is 0 Å². The van der Waals surface area contributed by atoms with E-state index in [1.54, 1.807) is 0 Å². The van der Waals surface area contributed by atoms with Crippen molar-refractivity contribution in [3.05, 3.63) is 71.9 Å². The van der Waals surface area contributed by atoms with Crippen molar-refractivity contribution in [2.45, 2.75) is 12.8 Å². The third-order valence-corrected chi connectivity index (χ3v) is 2.33. The van der Waals surface area contributed by atoms with Gasteiger partial charge in [-0.1, -0.05) is 60.8 Å². The normalized spacial score (nSPS) is 20.0. The molecule has 2 aliphatic carbocycles. The second-order valence-electron chi connectivity index (χ2n) is 3.36. The van der Waals surface area contributed by atoms with Crippen LogP contribution in [0.25, 0.3) is 0 Å². The summed E-state index contributed by atoms with van der Waals surface area (Å²) in [5.41, 5.74) is 2.66. The lowest BCUT2D eigenvalue weighted by molar-refractivity contribution is 1.33. The maximum absolute atomic E-state index is 2.27. The van der Waals surface area contributed by atoms with Crippen molar-refractivity contribution in [3.63, 3.8) is 0 Å². The monoisotopic (exact) mass is 182 g/mol. The fraction of sp³-hybridized carbons (Fsp3) is 0.143. The summed E-state index contributed by atoms with van der Waals surface area (Å²) >= 11 is 0. The van der Waals surface area contributed by atoms with E-state index in [1.165, 1.54) is 11.1 Å². The van der Waals surface area contributed by atoms with Gasteiger partial charge in [0.15, 0.2) is 0 Å². The first-order valence-electron chi connectivity index (χ1n) is 5.04. The van der Waals surface area contributed by atoms with E-state index in [9.17, 15) is 0 Å². The molecule has 0 aromatic rings. The molecular formula is C14H14.